The van der Waals surface area contributed by atoms with E-state index >= 15 is 0 Å². The molecule has 0 heterocycles. The normalized spacial score (nSPS) is 16.7. The average molecular weight is 139 g/mol. The molecule has 0 fully saturated rings. The molecule has 0 spiro atoms. The van der Waals surface area contributed by atoms with Crippen molar-refractivity contribution in [2.75, 3.05) is 20.7 Å². The summed E-state index contributed by atoms with van der Waals surface area (Å²) in [5.41, 5.74) is 2.37. The molecule has 56 valence electrons. The minimum absolute atomic E-state index is 0.188. The molecule has 0 amide bonds. The van der Waals surface area contributed by atoms with E-state index in [1.165, 1.54) is 5.70 Å². The van der Waals surface area contributed by atoms with Gasteiger partial charge in [-0.15, -0.1) is 0 Å². The second kappa shape index (κ2) is 2.88. The first-order valence-electron chi connectivity index (χ1n) is 3.41. The highest BCUT2D eigenvalue weighted by Crippen LogP contribution is 2.19. The van der Waals surface area contributed by atoms with E-state index in [2.05, 4.69) is 4.90 Å². The lowest BCUT2D eigenvalue weighted by Gasteiger charge is -2.13. The minimum Gasteiger partial charge on any atom is -0.392 e. The molecule has 0 aliphatic heterocycles. The third-order valence-corrected chi connectivity index (χ3v) is 1.70. The van der Waals surface area contributed by atoms with Crippen molar-refractivity contribution in [3.63, 3.8) is 0 Å². The van der Waals surface area contributed by atoms with E-state index in [0.717, 1.165) is 12.0 Å². The summed E-state index contributed by atoms with van der Waals surface area (Å²) in [5.74, 6) is 0. The van der Waals surface area contributed by atoms with Gasteiger partial charge in [0.05, 0.1) is 6.61 Å². The highest BCUT2D eigenvalue weighted by Gasteiger charge is 2.07. The molecule has 2 heteroatoms. The van der Waals surface area contributed by atoms with E-state index in [1.54, 1.807) is 0 Å². The second-order valence-corrected chi connectivity index (χ2v) is 2.71. The zero-order chi connectivity index (χ0) is 7.56. The van der Waals surface area contributed by atoms with E-state index in [0.29, 0.717) is 0 Å². The molecule has 0 aromatic heterocycles. The van der Waals surface area contributed by atoms with Gasteiger partial charge in [0.2, 0.25) is 0 Å². The molecule has 10 heavy (non-hydrogen) atoms. The first-order valence-corrected chi connectivity index (χ1v) is 3.41. The van der Waals surface area contributed by atoms with Gasteiger partial charge in [-0.2, -0.15) is 0 Å². The fraction of sp³-hybridized carbons (Fsp3) is 0.500. The van der Waals surface area contributed by atoms with Crippen LogP contribution >= 0.6 is 0 Å². The number of hydrogen-bond donors (Lipinski definition) is 1. The Bertz CT molecular complexity index is 180. The van der Waals surface area contributed by atoms with Gasteiger partial charge in [0.1, 0.15) is 0 Å². The first kappa shape index (κ1) is 7.35. The quantitative estimate of drug-likeness (QED) is 0.610. The summed E-state index contributed by atoms with van der Waals surface area (Å²) in [6.45, 7) is 0.188. The zero-order valence-corrected chi connectivity index (χ0v) is 6.46. The van der Waals surface area contributed by atoms with Crippen molar-refractivity contribution in [2.45, 2.75) is 6.42 Å². The zero-order valence-electron chi connectivity index (χ0n) is 6.46. The topological polar surface area (TPSA) is 23.5 Å². The lowest BCUT2D eigenvalue weighted by Crippen LogP contribution is -2.09. The van der Waals surface area contributed by atoms with Crippen LogP contribution in [0, 0.1) is 0 Å². The summed E-state index contributed by atoms with van der Waals surface area (Å²) >= 11 is 0. The van der Waals surface area contributed by atoms with Crippen molar-refractivity contribution in [3.8, 4) is 0 Å². The van der Waals surface area contributed by atoms with Crippen molar-refractivity contribution in [3.05, 3.63) is 23.4 Å². The minimum atomic E-state index is 0.188. The standard InChI is InChI=1S/C8H13NO/c1-9(2)8-4-3-7(5-8)6-10/h3-4,10H,5-6H2,1-2H3. The molecule has 1 aliphatic carbocycles. The van der Waals surface area contributed by atoms with Crippen LogP contribution in [0.1, 0.15) is 6.42 Å². The summed E-state index contributed by atoms with van der Waals surface area (Å²) in [6, 6.07) is 0. The average Bonchev–Trinajstić information content (AvgIpc) is 2.34. The van der Waals surface area contributed by atoms with E-state index < -0.39 is 0 Å². The van der Waals surface area contributed by atoms with Gasteiger partial charge >= 0.3 is 0 Å². The molecule has 0 aromatic rings. The molecule has 0 unspecified atom stereocenters. The van der Waals surface area contributed by atoms with Crippen LogP contribution in [0.2, 0.25) is 0 Å². The van der Waals surface area contributed by atoms with Gasteiger partial charge < -0.3 is 10.0 Å². The van der Waals surface area contributed by atoms with Crippen LogP contribution in [0.4, 0.5) is 0 Å². The van der Waals surface area contributed by atoms with Crippen LogP contribution in [0.15, 0.2) is 23.4 Å². The number of aliphatic hydroxyl groups excluding tert-OH is 1. The van der Waals surface area contributed by atoms with E-state index in [1.807, 2.05) is 26.2 Å². The van der Waals surface area contributed by atoms with Crippen molar-refractivity contribution >= 4 is 0 Å². The van der Waals surface area contributed by atoms with E-state index in [4.69, 9.17) is 5.11 Å². The Balaban J connectivity index is 2.48. The summed E-state index contributed by atoms with van der Waals surface area (Å²) in [7, 11) is 4.03. The van der Waals surface area contributed by atoms with Gasteiger partial charge in [-0.25, -0.2) is 0 Å². The highest BCUT2D eigenvalue weighted by atomic mass is 16.3. The third kappa shape index (κ3) is 1.39. The van der Waals surface area contributed by atoms with Crippen molar-refractivity contribution in [1.29, 1.82) is 0 Å². The van der Waals surface area contributed by atoms with Crippen LogP contribution in [0.25, 0.3) is 0 Å². The molecule has 1 aliphatic rings. The third-order valence-electron chi connectivity index (χ3n) is 1.70. The summed E-state index contributed by atoms with van der Waals surface area (Å²) < 4.78 is 0. The summed E-state index contributed by atoms with van der Waals surface area (Å²) in [4.78, 5) is 2.07. The SMILES string of the molecule is CN(C)C1=CC=C(CO)C1. The van der Waals surface area contributed by atoms with Gasteiger partial charge in [0.25, 0.3) is 0 Å². The Labute approximate surface area is 61.5 Å². The number of aliphatic hydroxyl groups is 1. The fourth-order valence-corrected chi connectivity index (χ4v) is 0.980. The highest BCUT2D eigenvalue weighted by molar-refractivity contribution is 5.29. The summed E-state index contributed by atoms with van der Waals surface area (Å²) in [6.07, 6.45) is 4.93. The molecule has 2 nitrogen and oxygen atoms in total. The Morgan fingerprint density at radius 2 is 2.20 bits per heavy atom. The van der Waals surface area contributed by atoms with Gasteiger partial charge in [0, 0.05) is 26.2 Å². The van der Waals surface area contributed by atoms with Crippen molar-refractivity contribution in [1.82, 2.24) is 4.90 Å². The Kier molecular flexibility index (Phi) is 2.12. The molecule has 1 N–H and O–H groups in total. The molecule has 0 saturated carbocycles. The first-order chi connectivity index (χ1) is 4.74. The van der Waals surface area contributed by atoms with Gasteiger partial charge in [-0.1, -0.05) is 6.08 Å². The molecule has 0 bridgehead atoms. The summed E-state index contributed by atoms with van der Waals surface area (Å²) in [5, 5.41) is 8.75. The smallest absolute Gasteiger partial charge is 0.0648 e. The molecule has 0 aromatic carbocycles. The van der Waals surface area contributed by atoms with Crippen LogP contribution in [0.3, 0.4) is 0 Å². The monoisotopic (exact) mass is 139 g/mol. The van der Waals surface area contributed by atoms with E-state index in [-0.39, 0.29) is 6.61 Å². The number of hydrogen-bond acceptors (Lipinski definition) is 2. The van der Waals surface area contributed by atoms with E-state index in [9.17, 15) is 0 Å². The maximum Gasteiger partial charge on any atom is 0.0648 e. The lowest BCUT2D eigenvalue weighted by atomic mass is 10.2. The Morgan fingerprint density at radius 3 is 2.50 bits per heavy atom. The largest absolute Gasteiger partial charge is 0.392 e. The Morgan fingerprint density at radius 1 is 1.50 bits per heavy atom. The molecular formula is C8H13NO. The molecular weight excluding hydrogens is 126 g/mol. The maximum absolute atomic E-state index is 8.75. The molecule has 1 rings (SSSR count). The molecule has 0 saturated heterocycles. The van der Waals surface area contributed by atoms with Gasteiger partial charge in [0.15, 0.2) is 0 Å². The second-order valence-electron chi connectivity index (χ2n) is 2.71. The number of nitrogens with zero attached hydrogens (tertiary/aromatic N) is 1. The molecule has 0 radical (unpaired) electrons. The van der Waals surface area contributed by atoms with Gasteiger partial charge in [-0.05, 0) is 11.6 Å². The van der Waals surface area contributed by atoms with Crippen LogP contribution in [-0.4, -0.2) is 30.7 Å². The number of rotatable bonds is 2. The maximum atomic E-state index is 8.75. The predicted molar refractivity (Wildman–Crippen MR) is 41.6 cm³/mol. The molecule has 0 atom stereocenters. The van der Waals surface area contributed by atoms with Crippen molar-refractivity contribution in [2.24, 2.45) is 0 Å². The van der Waals surface area contributed by atoms with Crippen LogP contribution in [-0.2, 0) is 0 Å². The van der Waals surface area contributed by atoms with Crippen LogP contribution < -0.4 is 0 Å². The lowest BCUT2D eigenvalue weighted by molar-refractivity contribution is 0.327. The predicted octanol–water partition coefficient (Wildman–Crippen LogP) is 0.754. The van der Waals surface area contributed by atoms with Crippen LogP contribution in [0.5, 0.6) is 0 Å². The Hall–Kier alpha value is -0.760. The van der Waals surface area contributed by atoms with Gasteiger partial charge in [-0.3, -0.25) is 0 Å². The van der Waals surface area contributed by atoms with Crippen molar-refractivity contribution < 1.29 is 5.11 Å². The number of allylic oxidation sites excluding steroid dienone is 3. The fourth-order valence-electron chi connectivity index (χ4n) is 0.980.